The third kappa shape index (κ3) is 2.28. The highest BCUT2D eigenvalue weighted by Gasteiger charge is 2.36. The molecule has 0 spiro atoms. The lowest BCUT2D eigenvalue weighted by molar-refractivity contribution is -0.383. The smallest absolute Gasteiger partial charge is 0.277 e. The molecule has 3 aromatic carbocycles. The van der Waals surface area contributed by atoms with Crippen LogP contribution in [0.2, 0.25) is 0 Å². The third-order valence-corrected chi connectivity index (χ3v) is 4.85. The lowest BCUT2D eigenvalue weighted by atomic mass is 9.92. The number of hydrogen-bond donors (Lipinski definition) is 0. The van der Waals surface area contributed by atoms with E-state index in [0.717, 1.165) is 4.90 Å². The maximum absolute atomic E-state index is 13.1. The summed E-state index contributed by atoms with van der Waals surface area (Å²) in [5.41, 5.74) is 0.262. The topological polar surface area (TPSA) is 121 Å². The monoisotopic (exact) mass is 375 g/mol. The summed E-state index contributed by atoms with van der Waals surface area (Å²) >= 11 is 0. The molecule has 0 atom stereocenters. The minimum absolute atomic E-state index is 0.123. The summed E-state index contributed by atoms with van der Waals surface area (Å²) in [5, 5.41) is 23.0. The van der Waals surface area contributed by atoms with Gasteiger partial charge in [0.2, 0.25) is 0 Å². The Morgan fingerprint density at radius 3 is 2.25 bits per heavy atom. The lowest BCUT2D eigenvalue weighted by Gasteiger charge is -2.29. The van der Waals surface area contributed by atoms with Crippen molar-refractivity contribution in [2.45, 2.75) is 6.92 Å². The van der Waals surface area contributed by atoms with Crippen molar-refractivity contribution in [1.82, 2.24) is 0 Å². The highest BCUT2D eigenvalue weighted by atomic mass is 16.6. The highest BCUT2D eigenvalue weighted by molar-refractivity contribution is 6.36. The second-order valence-corrected chi connectivity index (χ2v) is 6.30. The van der Waals surface area contributed by atoms with E-state index >= 15 is 0 Å². The number of hydrogen-bond acceptors (Lipinski definition) is 6. The van der Waals surface area contributed by atoms with Gasteiger partial charge in [0, 0.05) is 28.1 Å². The molecule has 0 saturated heterocycles. The van der Waals surface area contributed by atoms with Crippen molar-refractivity contribution in [1.29, 1.82) is 0 Å². The van der Waals surface area contributed by atoms with Gasteiger partial charge in [-0.3, -0.25) is 19.7 Å². The van der Waals surface area contributed by atoms with Gasteiger partial charge in [0.25, 0.3) is 17.5 Å². The van der Waals surface area contributed by atoms with E-state index in [-0.39, 0.29) is 44.4 Å². The van der Waals surface area contributed by atoms with Crippen molar-refractivity contribution >= 4 is 39.9 Å². The Morgan fingerprint density at radius 2 is 1.61 bits per heavy atom. The summed E-state index contributed by atoms with van der Waals surface area (Å²) in [7, 11) is 0. The van der Waals surface area contributed by atoms with Crippen LogP contribution in [0.4, 0.5) is 11.4 Å². The first kappa shape index (κ1) is 17.3. The molecular weight excluding hydrogens is 364 g/mol. The molecule has 138 valence electrons. The van der Waals surface area contributed by atoms with Gasteiger partial charge in [0.05, 0.1) is 22.0 Å². The molecule has 0 radical (unpaired) electrons. The quantitative estimate of drug-likeness (QED) is 0.393. The molecular formula is C20H11N2O6-. The number of non-ortho nitro benzene ring substituents is 1. The Bertz CT molecular complexity index is 1210. The molecule has 0 bridgehead atoms. The van der Waals surface area contributed by atoms with Gasteiger partial charge in [-0.25, -0.2) is 4.90 Å². The SMILES string of the molecule is Cc1c(C(=O)[O-])cccc1N1C(=O)c2cccc3c([N+](=O)[O-])ccc(c23)C1=O. The first-order valence-electron chi connectivity index (χ1n) is 8.22. The number of carboxylic acid groups (broad SMARTS) is 1. The second-order valence-electron chi connectivity index (χ2n) is 6.30. The number of amides is 2. The van der Waals surface area contributed by atoms with Crippen LogP contribution in [0.5, 0.6) is 0 Å². The molecule has 1 aliphatic heterocycles. The summed E-state index contributed by atoms with van der Waals surface area (Å²) in [6, 6.07) is 11.2. The summed E-state index contributed by atoms with van der Waals surface area (Å²) < 4.78 is 0. The number of carboxylic acids is 1. The molecule has 1 heterocycles. The predicted molar refractivity (Wildman–Crippen MR) is 97.3 cm³/mol. The number of carbonyl (C=O) groups is 3. The molecule has 8 nitrogen and oxygen atoms in total. The number of imide groups is 1. The zero-order chi connectivity index (χ0) is 20.2. The number of anilines is 1. The van der Waals surface area contributed by atoms with Crippen molar-refractivity contribution in [3.63, 3.8) is 0 Å². The Hall–Kier alpha value is -4.07. The van der Waals surface area contributed by atoms with E-state index in [1.165, 1.54) is 55.5 Å². The Kier molecular flexibility index (Phi) is 3.71. The van der Waals surface area contributed by atoms with Gasteiger partial charge in [-0.2, -0.15) is 0 Å². The number of carbonyl (C=O) groups excluding carboxylic acids is 3. The normalized spacial score (nSPS) is 13.1. The fraction of sp³-hybridized carbons (Fsp3) is 0.0500. The van der Waals surface area contributed by atoms with E-state index in [1.54, 1.807) is 0 Å². The fourth-order valence-electron chi connectivity index (χ4n) is 3.55. The average Bonchev–Trinajstić information content (AvgIpc) is 2.66. The van der Waals surface area contributed by atoms with Gasteiger partial charge in [-0.15, -0.1) is 0 Å². The zero-order valence-corrected chi connectivity index (χ0v) is 14.5. The molecule has 2 amide bonds. The molecule has 28 heavy (non-hydrogen) atoms. The minimum atomic E-state index is -1.42. The van der Waals surface area contributed by atoms with Crippen LogP contribution in [0.25, 0.3) is 10.8 Å². The van der Waals surface area contributed by atoms with Crippen molar-refractivity contribution < 1.29 is 24.4 Å². The van der Waals surface area contributed by atoms with Crippen molar-refractivity contribution in [3.05, 3.63) is 80.9 Å². The molecule has 0 aromatic heterocycles. The number of aromatic carboxylic acids is 1. The molecule has 0 N–H and O–H groups in total. The Balaban J connectivity index is 1.99. The molecule has 8 heteroatoms. The van der Waals surface area contributed by atoms with E-state index in [2.05, 4.69) is 0 Å². The number of nitro groups is 1. The van der Waals surface area contributed by atoms with Crippen LogP contribution in [-0.4, -0.2) is 22.7 Å². The number of rotatable bonds is 3. The van der Waals surface area contributed by atoms with Gasteiger partial charge >= 0.3 is 0 Å². The maximum atomic E-state index is 13.1. The molecule has 0 saturated carbocycles. The van der Waals surface area contributed by atoms with Crippen LogP contribution in [0.1, 0.15) is 36.6 Å². The first-order chi connectivity index (χ1) is 13.3. The molecule has 3 aromatic rings. The summed E-state index contributed by atoms with van der Waals surface area (Å²) in [6.07, 6.45) is 0. The summed E-state index contributed by atoms with van der Waals surface area (Å²) in [4.78, 5) is 49.1. The molecule has 0 fully saturated rings. The summed E-state index contributed by atoms with van der Waals surface area (Å²) in [5.74, 6) is -2.78. The average molecular weight is 375 g/mol. The molecule has 0 aliphatic carbocycles. The van der Waals surface area contributed by atoms with Gasteiger partial charge in [-0.1, -0.05) is 18.2 Å². The second kappa shape index (κ2) is 5.98. The van der Waals surface area contributed by atoms with Crippen LogP contribution in [0.3, 0.4) is 0 Å². The van der Waals surface area contributed by atoms with Crippen LogP contribution in [0.15, 0.2) is 48.5 Å². The first-order valence-corrected chi connectivity index (χ1v) is 8.22. The van der Waals surface area contributed by atoms with E-state index in [4.69, 9.17) is 0 Å². The highest BCUT2D eigenvalue weighted by Crippen LogP contribution is 2.37. The van der Waals surface area contributed by atoms with Crippen LogP contribution < -0.4 is 10.0 Å². The van der Waals surface area contributed by atoms with Crippen molar-refractivity contribution in [2.75, 3.05) is 4.90 Å². The van der Waals surface area contributed by atoms with Gasteiger partial charge in [0.1, 0.15) is 0 Å². The molecule has 0 unspecified atom stereocenters. The van der Waals surface area contributed by atoms with Crippen molar-refractivity contribution in [3.8, 4) is 0 Å². The van der Waals surface area contributed by atoms with Crippen LogP contribution in [-0.2, 0) is 0 Å². The largest absolute Gasteiger partial charge is 0.545 e. The molecule has 1 aliphatic rings. The Morgan fingerprint density at radius 1 is 0.964 bits per heavy atom. The maximum Gasteiger partial charge on any atom is 0.277 e. The minimum Gasteiger partial charge on any atom is -0.545 e. The fourth-order valence-corrected chi connectivity index (χ4v) is 3.55. The van der Waals surface area contributed by atoms with Crippen LogP contribution in [0, 0.1) is 17.0 Å². The number of nitrogens with zero attached hydrogens (tertiary/aromatic N) is 2. The standard InChI is InChI=1S/C20H12N2O6/c1-10-11(20(25)26)4-3-7-15(10)21-18(23)13-6-2-5-12-16(22(27)28)9-8-14(17(12)13)19(21)24/h2-9H,1H3,(H,25,26)/p-1. The van der Waals surface area contributed by atoms with Crippen molar-refractivity contribution in [2.24, 2.45) is 0 Å². The number of nitro benzene ring substituents is 1. The van der Waals surface area contributed by atoms with E-state index in [9.17, 15) is 29.6 Å². The molecule has 4 rings (SSSR count). The van der Waals surface area contributed by atoms with Gasteiger partial charge in [0.15, 0.2) is 0 Å². The lowest BCUT2D eigenvalue weighted by Crippen LogP contribution is -2.41. The Labute approximate surface area is 157 Å². The van der Waals surface area contributed by atoms with Gasteiger partial charge in [-0.05, 0) is 36.8 Å². The number of benzene rings is 3. The van der Waals surface area contributed by atoms with Gasteiger partial charge < -0.3 is 9.90 Å². The summed E-state index contributed by atoms with van der Waals surface area (Å²) in [6.45, 7) is 1.48. The third-order valence-electron chi connectivity index (χ3n) is 4.85. The van der Waals surface area contributed by atoms with E-state index in [1.807, 2.05) is 0 Å². The predicted octanol–water partition coefficient (Wildman–Crippen LogP) is 2.22. The van der Waals surface area contributed by atoms with E-state index in [0.29, 0.717) is 0 Å². The van der Waals surface area contributed by atoms with Crippen LogP contribution >= 0.6 is 0 Å². The van der Waals surface area contributed by atoms with E-state index < -0.39 is 22.7 Å². The zero-order valence-electron chi connectivity index (χ0n) is 14.5.